The topological polar surface area (TPSA) is 3.24 Å². The molecule has 0 N–H and O–H groups in total. The maximum Gasteiger partial charge on any atom is 0.0116 e. The van der Waals surface area contributed by atoms with E-state index in [0.29, 0.717) is 5.25 Å². The molecule has 0 rings (SSSR count). The number of nitrogens with zero attached hydrogens (tertiary/aromatic N) is 1. The standard InChI is InChI=1S/C13H29NS/c1-6-8-9-14(10-12(5)15)13(7-2)11(3)4/h11-13,15H,6-10H2,1-5H3. The van der Waals surface area contributed by atoms with Crippen LogP contribution in [-0.2, 0) is 0 Å². The van der Waals surface area contributed by atoms with E-state index in [2.05, 4.69) is 52.1 Å². The first-order valence-corrected chi connectivity index (χ1v) is 6.96. The molecule has 0 aliphatic heterocycles. The van der Waals surface area contributed by atoms with Gasteiger partial charge in [0.25, 0.3) is 0 Å². The summed E-state index contributed by atoms with van der Waals surface area (Å²) in [5.41, 5.74) is 0. The van der Waals surface area contributed by atoms with Crippen LogP contribution in [0.15, 0.2) is 0 Å². The summed E-state index contributed by atoms with van der Waals surface area (Å²) in [6.07, 6.45) is 3.84. The lowest BCUT2D eigenvalue weighted by atomic mass is 9.99. The summed E-state index contributed by atoms with van der Waals surface area (Å²) in [7, 11) is 0. The van der Waals surface area contributed by atoms with Gasteiger partial charge in [-0.05, 0) is 25.3 Å². The Morgan fingerprint density at radius 3 is 2.07 bits per heavy atom. The Morgan fingerprint density at radius 2 is 1.73 bits per heavy atom. The van der Waals surface area contributed by atoms with Crippen molar-refractivity contribution < 1.29 is 0 Å². The smallest absolute Gasteiger partial charge is 0.0116 e. The second kappa shape index (κ2) is 8.46. The zero-order chi connectivity index (χ0) is 11.8. The highest BCUT2D eigenvalue weighted by Gasteiger charge is 2.20. The minimum absolute atomic E-state index is 0.481. The van der Waals surface area contributed by atoms with Crippen molar-refractivity contribution in [1.82, 2.24) is 4.90 Å². The summed E-state index contributed by atoms with van der Waals surface area (Å²) in [6.45, 7) is 13.8. The lowest BCUT2D eigenvalue weighted by Crippen LogP contribution is -2.42. The Morgan fingerprint density at radius 1 is 1.13 bits per heavy atom. The number of unbranched alkanes of at least 4 members (excludes halogenated alkanes) is 1. The summed E-state index contributed by atoms with van der Waals surface area (Å²) in [4.78, 5) is 2.63. The summed E-state index contributed by atoms with van der Waals surface area (Å²) in [6, 6.07) is 0.728. The molecule has 1 nitrogen and oxygen atoms in total. The van der Waals surface area contributed by atoms with E-state index in [0.717, 1.165) is 18.5 Å². The molecule has 0 aromatic carbocycles. The van der Waals surface area contributed by atoms with Crippen molar-refractivity contribution in [1.29, 1.82) is 0 Å². The highest BCUT2D eigenvalue weighted by molar-refractivity contribution is 7.80. The third-order valence-corrected chi connectivity index (χ3v) is 3.12. The van der Waals surface area contributed by atoms with Crippen LogP contribution in [0.3, 0.4) is 0 Å². The molecule has 0 aromatic rings. The van der Waals surface area contributed by atoms with Gasteiger partial charge in [-0.25, -0.2) is 0 Å². The number of thiol groups is 1. The summed E-state index contributed by atoms with van der Waals surface area (Å²) in [5.74, 6) is 0.749. The van der Waals surface area contributed by atoms with Crippen LogP contribution >= 0.6 is 12.6 Å². The maximum absolute atomic E-state index is 4.52. The van der Waals surface area contributed by atoms with Gasteiger partial charge in [0.05, 0.1) is 0 Å². The zero-order valence-corrected chi connectivity index (χ0v) is 12.1. The Hall–Kier alpha value is 0.310. The molecule has 0 amide bonds. The van der Waals surface area contributed by atoms with Gasteiger partial charge in [0.2, 0.25) is 0 Å². The van der Waals surface area contributed by atoms with Crippen LogP contribution < -0.4 is 0 Å². The predicted octanol–water partition coefficient (Wildman–Crippen LogP) is 3.84. The van der Waals surface area contributed by atoms with Gasteiger partial charge < -0.3 is 0 Å². The van der Waals surface area contributed by atoms with Crippen molar-refractivity contribution >= 4 is 12.6 Å². The van der Waals surface area contributed by atoms with E-state index in [9.17, 15) is 0 Å². The molecule has 0 aliphatic rings. The monoisotopic (exact) mass is 231 g/mol. The van der Waals surface area contributed by atoms with E-state index < -0.39 is 0 Å². The quantitative estimate of drug-likeness (QED) is 0.621. The van der Waals surface area contributed by atoms with Gasteiger partial charge in [0, 0.05) is 17.8 Å². The van der Waals surface area contributed by atoms with Crippen LogP contribution in [0.5, 0.6) is 0 Å². The van der Waals surface area contributed by atoms with E-state index in [1.54, 1.807) is 0 Å². The fraction of sp³-hybridized carbons (Fsp3) is 1.00. The first-order chi connectivity index (χ1) is 7.02. The van der Waals surface area contributed by atoms with Crippen LogP contribution in [0.25, 0.3) is 0 Å². The van der Waals surface area contributed by atoms with Crippen molar-refractivity contribution in [2.75, 3.05) is 13.1 Å². The number of hydrogen-bond donors (Lipinski definition) is 1. The average Bonchev–Trinajstić information content (AvgIpc) is 2.13. The van der Waals surface area contributed by atoms with Crippen LogP contribution in [0.1, 0.15) is 53.9 Å². The Kier molecular flexibility index (Phi) is 8.64. The molecule has 2 unspecified atom stereocenters. The fourth-order valence-electron chi connectivity index (χ4n) is 2.24. The molecule has 0 aromatic heterocycles. The molecule has 0 bridgehead atoms. The van der Waals surface area contributed by atoms with Gasteiger partial charge in [-0.3, -0.25) is 4.90 Å². The molecule has 0 saturated heterocycles. The lowest BCUT2D eigenvalue weighted by Gasteiger charge is -2.34. The van der Waals surface area contributed by atoms with Crippen LogP contribution in [-0.4, -0.2) is 29.3 Å². The van der Waals surface area contributed by atoms with Crippen LogP contribution in [0.4, 0.5) is 0 Å². The molecule has 0 radical (unpaired) electrons. The molecule has 0 heterocycles. The largest absolute Gasteiger partial charge is 0.299 e. The Bertz CT molecular complexity index is 145. The molecular weight excluding hydrogens is 202 g/mol. The summed E-state index contributed by atoms with van der Waals surface area (Å²) < 4.78 is 0. The van der Waals surface area contributed by atoms with E-state index in [1.807, 2.05) is 0 Å². The van der Waals surface area contributed by atoms with Gasteiger partial charge in [0.15, 0.2) is 0 Å². The molecule has 0 fully saturated rings. The second-order valence-electron chi connectivity index (χ2n) is 4.92. The van der Waals surface area contributed by atoms with E-state index in [4.69, 9.17) is 0 Å². The van der Waals surface area contributed by atoms with Gasteiger partial charge in [-0.2, -0.15) is 12.6 Å². The molecule has 2 atom stereocenters. The molecule has 0 aliphatic carbocycles. The third kappa shape index (κ3) is 6.47. The van der Waals surface area contributed by atoms with E-state index in [1.165, 1.54) is 25.8 Å². The normalized spacial score (nSPS) is 16.0. The minimum Gasteiger partial charge on any atom is -0.299 e. The summed E-state index contributed by atoms with van der Waals surface area (Å²) >= 11 is 4.52. The second-order valence-corrected chi connectivity index (χ2v) is 5.80. The van der Waals surface area contributed by atoms with Crippen molar-refractivity contribution in [2.24, 2.45) is 5.92 Å². The van der Waals surface area contributed by atoms with Crippen LogP contribution in [0.2, 0.25) is 0 Å². The first kappa shape index (κ1) is 15.3. The van der Waals surface area contributed by atoms with Crippen molar-refractivity contribution in [3.63, 3.8) is 0 Å². The average molecular weight is 231 g/mol. The molecule has 92 valence electrons. The zero-order valence-electron chi connectivity index (χ0n) is 11.2. The van der Waals surface area contributed by atoms with Gasteiger partial charge in [-0.15, -0.1) is 0 Å². The lowest BCUT2D eigenvalue weighted by molar-refractivity contribution is 0.150. The molecule has 0 spiro atoms. The SMILES string of the molecule is CCCCN(CC(C)S)C(CC)C(C)C. The van der Waals surface area contributed by atoms with Gasteiger partial charge in [-0.1, -0.05) is 41.0 Å². The molecule has 2 heteroatoms. The molecular formula is C13H29NS. The maximum atomic E-state index is 4.52. The van der Waals surface area contributed by atoms with Crippen molar-refractivity contribution in [3.05, 3.63) is 0 Å². The predicted molar refractivity (Wildman–Crippen MR) is 73.8 cm³/mol. The third-order valence-electron chi connectivity index (χ3n) is 2.95. The Balaban J connectivity index is 4.29. The van der Waals surface area contributed by atoms with Crippen molar-refractivity contribution in [2.45, 2.75) is 65.2 Å². The van der Waals surface area contributed by atoms with E-state index in [-0.39, 0.29) is 0 Å². The fourth-order valence-corrected chi connectivity index (χ4v) is 2.45. The van der Waals surface area contributed by atoms with Gasteiger partial charge in [0.1, 0.15) is 0 Å². The van der Waals surface area contributed by atoms with E-state index >= 15 is 0 Å². The summed E-state index contributed by atoms with van der Waals surface area (Å²) in [5, 5.41) is 0.481. The highest BCUT2D eigenvalue weighted by Crippen LogP contribution is 2.16. The van der Waals surface area contributed by atoms with Crippen molar-refractivity contribution in [3.8, 4) is 0 Å². The number of rotatable bonds is 8. The minimum atomic E-state index is 0.481. The van der Waals surface area contributed by atoms with Gasteiger partial charge >= 0.3 is 0 Å². The molecule has 15 heavy (non-hydrogen) atoms. The number of hydrogen-bond acceptors (Lipinski definition) is 2. The first-order valence-electron chi connectivity index (χ1n) is 6.44. The Labute approximate surface area is 102 Å². The highest BCUT2D eigenvalue weighted by atomic mass is 32.1. The van der Waals surface area contributed by atoms with Crippen LogP contribution in [0, 0.1) is 5.92 Å². The molecule has 0 saturated carbocycles.